The summed E-state index contributed by atoms with van der Waals surface area (Å²) in [6, 6.07) is 8.57. The Bertz CT molecular complexity index is 659. The zero-order chi connectivity index (χ0) is 13.3. The minimum absolute atomic E-state index is 0.259. The molecule has 2 rings (SSSR count). The second-order valence-electron chi connectivity index (χ2n) is 3.89. The van der Waals surface area contributed by atoms with Crippen molar-refractivity contribution in [2.24, 2.45) is 0 Å². The average molecular weight is 308 g/mol. The molecule has 1 N–H and O–H groups in total. The summed E-state index contributed by atoms with van der Waals surface area (Å²) in [6.07, 6.45) is 1.56. The first-order valence-electron chi connectivity index (χ1n) is 5.21. The molecule has 0 aliphatic rings. The van der Waals surface area contributed by atoms with E-state index in [1.807, 2.05) is 19.1 Å². The molecule has 0 atom stereocenters. The van der Waals surface area contributed by atoms with Crippen LogP contribution in [0.1, 0.15) is 15.9 Å². The standard InChI is InChI=1S/C13H10BrNO3/c1-8-2-4-10(5-3-8)15-7-9(14)6-11(12(15)16)13(17)18/h2-7H,1H3,(H,17,18). The number of hydrogen-bond acceptors (Lipinski definition) is 2. The molecule has 0 fully saturated rings. The molecule has 0 radical (unpaired) electrons. The molecule has 0 saturated carbocycles. The Labute approximate surface area is 112 Å². The maximum Gasteiger partial charge on any atom is 0.341 e. The van der Waals surface area contributed by atoms with Gasteiger partial charge in [-0.05, 0) is 41.1 Å². The van der Waals surface area contributed by atoms with Gasteiger partial charge in [-0.3, -0.25) is 9.36 Å². The van der Waals surface area contributed by atoms with Gasteiger partial charge in [0.05, 0.1) is 0 Å². The summed E-state index contributed by atoms with van der Waals surface area (Å²) in [5, 5.41) is 8.97. The summed E-state index contributed by atoms with van der Waals surface area (Å²) in [6.45, 7) is 1.94. The normalized spacial score (nSPS) is 10.3. The van der Waals surface area contributed by atoms with E-state index in [0.29, 0.717) is 10.2 Å². The van der Waals surface area contributed by atoms with Crippen molar-refractivity contribution in [2.75, 3.05) is 0 Å². The molecule has 92 valence electrons. The van der Waals surface area contributed by atoms with Crippen molar-refractivity contribution < 1.29 is 9.90 Å². The number of pyridine rings is 1. The van der Waals surface area contributed by atoms with Crippen LogP contribution in [-0.2, 0) is 0 Å². The Morgan fingerprint density at radius 2 is 1.89 bits per heavy atom. The van der Waals surface area contributed by atoms with E-state index in [2.05, 4.69) is 15.9 Å². The summed E-state index contributed by atoms with van der Waals surface area (Å²) >= 11 is 3.20. The van der Waals surface area contributed by atoms with Crippen LogP contribution in [-0.4, -0.2) is 15.6 Å². The maximum atomic E-state index is 12.0. The molecular formula is C13H10BrNO3. The lowest BCUT2D eigenvalue weighted by Gasteiger charge is -2.08. The summed E-state index contributed by atoms with van der Waals surface area (Å²) in [7, 11) is 0. The maximum absolute atomic E-state index is 12.0. The van der Waals surface area contributed by atoms with Gasteiger partial charge >= 0.3 is 5.97 Å². The molecule has 2 aromatic rings. The van der Waals surface area contributed by atoms with E-state index in [-0.39, 0.29) is 5.56 Å². The molecule has 0 spiro atoms. The Hall–Kier alpha value is -1.88. The first-order valence-corrected chi connectivity index (χ1v) is 6.01. The third-order valence-electron chi connectivity index (χ3n) is 2.53. The summed E-state index contributed by atoms with van der Waals surface area (Å²) < 4.78 is 1.85. The summed E-state index contributed by atoms with van der Waals surface area (Å²) in [5.41, 5.74) is 0.897. The average Bonchev–Trinajstić information content (AvgIpc) is 2.32. The van der Waals surface area contributed by atoms with E-state index in [9.17, 15) is 9.59 Å². The fourth-order valence-electron chi connectivity index (χ4n) is 1.60. The minimum atomic E-state index is -1.23. The second-order valence-corrected chi connectivity index (χ2v) is 4.80. The highest BCUT2D eigenvalue weighted by atomic mass is 79.9. The molecule has 18 heavy (non-hydrogen) atoms. The van der Waals surface area contributed by atoms with E-state index in [1.165, 1.54) is 10.6 Å². The number of aryl methyl sites for hydroxylation is 1. The fraction of sp³-hybridized carbons (Fsp3) is 0.0769. The van der Waals surface area contributed by atoms with Crippen molar-refractivity contribution in [1.82, 2.24) is 4.57 Å². The van der Waals surface area contributed by atoms with Crippen molar-refractivity contribution in [2.45, 2.75) is 6.92 Å². The molecule has 0 aliphatic heterocycles. The van der Waals surface area contributed by atoms with E-state index in [4.69, 9.17) is 5.11 Å². The first kappa shape index (κ1) is 12.6. The van der Waals surface area contributed by atoms with Crippen LogP contribution in [0.15, 0.2) is 45.8 Å². The van der Waals surface area contributed by atoms with Gasteiger partial charge < -0.3 is 5.11 Å². The van der Waals surface area contributed by atoms with Crippen LogP contribution < -0.4 is 5.56 Å². The van der Waals surface area contributed by atoms with Crippen LogP contribution in [0.2, 0.25) is 0 Å². The highest BCUT2D eigenvalue weighted by molar-refractivity contribution is 9.10. The number of rotatable bonds is 2. The van der Waals surface area contributed by atoms with Gasteiger partial charge in [0.25, 0.3) is 5.56 Å². The van der Waals surface area contributed by atoms with Gasteiger partial charge in [-0.15, -0.1) is 0 Å². The molecule has 1 heterocycles. The smallest absolute Gasteiger partial charge is 0.341 e. The van der Waals surface area contributed by atoms with Crippen LogP contribution in [0.25, 0.3) is 5.69 Å². The largest absolute Gasteiger partial charge is 0.477 e. The van der Waals surface area contributed by atoms with Gasteiger partial charge in [-0.1, -0.05) is 17.7 Å². The third-order valence-corrected chi connectivity index (χ3v) is 2.96. The number of carboxylic acids is 1. The van der Waals surface area contributed by atoms with E-state index in [0.717, 1.165) is 5.56 Å². The Kier molecular flexibility index (Phi) is 3.34. The van der Waals surface area contributed by atoms with Crippen LogP contribution in [0.4, 0.5) is 0 Å². The number of carboxylic acid groups (broad SMARTS) is 1. The molecule has 4 nitrogen and oxygen atoms in total. The molecule has 5 heteroatoms. The number of aromatic carboxylic acids is 1. The van der Waals surface area contributed by atoms with Crippen LogP contribution in [0.5, 0.6) is 0 Å². The lowest BCUT2D eigenvalue weighted by atomic mass is 10.2. The number of aromatic nitrogens is 1. The Morgan fingerprint density at radius 3 is 2.44 bits per heavy atom. The van der Waals surface area contributed by atoms with Crippen LogP contribution >= 0.6 is 15.9 Å². The molecule has 1 aromatic heterocycles. The molecule has 0 bridgehead atoms. The lowest BCUT2D eigenvalue weighted by Crippen LogP contribution is -2.24. The summed E-state index contributed by atoms with van der Waals surface area (Å²) in [4.78, 5) is 23.0. The molecule has 0 amide bonds. The Morgan fingerprint density at radius 1 is 1.28 bits per heavy atom. The number of hydrogen-bond donors (Lipinski definition) is 1. The van der Waals surface area contributed by atoms with Gasteiger partial charge in [0, 0.05) is 16.4 Å². The molecule has 1 aromatic carbocycles. The van der Waals surface area contributed by atoms with Gasteiger partial charge in [0.1, 0.15) is 5.56 Å². The number of carbonyl (C=O) groups is 1. The molecule has 0 aliphatic carbocycles. The summed E-state index contributed by atoms with van der Waals surface area (Å²) in [5.74, 6) is -1.23. The minimum Gasteiger partial charge on any atom is -0.477 e. The monoisotopic (exact) mass is 307 g/mol. The lowest BCUT2D eigenvalue weighted by molar-refractivity contribution is 0.0694. The quantitative estimate of drug-likeness (QED) is 0.927. The van der Waals surface area contributed by atoms with Crippen molar-refractivity contribution in [3.05, 3.63) is 62.5 Å². The van der Waals surface area contributed by atoms with Gasteiger partial charge in [-0.2, -0.15) is 0 Å². The molecule has 0 unspecified atom stereocenters. The van der Waals surface area contributed by atoms with Crippen molar-refractivity contribution >= 4 is 21.9 Å². The highest BCUT2D eigenvalue weighted by Gasteiger charge is 2.13. The van der Waals surface area contributed by atoms with Crippen molar-refractivity contribution in [1.29, 1.82) is 0 Å². The predicted octanol–water partition coefficient (Wildman–Crippen LogP) is 2.61. The second kappa shape index (κ2) is 4.78. The Balaban J connectivity index is 2.68. The van der Waals surface area contributed by atoms with E-state index in [1.54, 1.807) is 18.3 Å². The zero-order valence-electron chi connectivity index (χ0n) is 9.55. The first-order chi connectivity index (χ1) is 8.49. The topological polar surface area (TPSA) is 59.3 Å². The van der Waals surface area contributed by atoms with Gasteiger partial charge in [0.15, 0.2) is 0 Å². The van der Waals surface area contributed by atoms with Crippen LogP contribution in [0, 0.1) is 6.92 Å². The van der Waals surface area contributed by atoms with Gasteiger partial charge in [0.2, 0.25) is 0 Å². The van der Waals surface area contributed by atoms with E-state index >= 15 is 0 Å². The van der Waals surface area contributed by atoms with Crippen molar-refractivity contribution in [3.63, 3.8) is 0 Å². The highest BCUT2D eigenvalue weighted by Crippen LogP contribution is 2.13. The fourth-order valence-corrected chi connectivity index (χ4v) is 2.03. The molecule has 0 saturated heterocycles. The third kappa shape index (κ3) is 2.36. The number of nitrogens with zero attached hydrogens (tertiary/aromatic N) is 1. The van der Waals surface area contributed by atoms with Crippen LogP contribution in [0.3, 0.4) is 0 Å². The number of benzene rings is 1. The van der Waals surface area contributed by atoms with Gasteiger partial charge in [-0.25, -0.2) is 4.79 Å². The molecular weight excluding hydrogens is 298 g/mol. The SMILES string of the molecule is Cc1ccc(-n2cc(Br)cc(C(=O)O)c2=O)cc1. The zero-order valence-corrected chi connectivity index (χ0v) is 11.1. The number of halogens is 1. The van der Waals surface area contributed by atoms with Crippen molar-refractivity contribution in [3.8, 4) is 5.69 Å². The predicted molar refractivity (Wildman–Crippen MR) is 71.4 cm³/mol. The van der Waals surface area contributed by atoms with E-state index < -0.39 is 11.5 Å².